The molecular weight excluding hydrogens is 294 g/mol. The summed E-state index contributed by atoms with van der Waals surface area (Å²) in [6.45, 7) is 1.61. The van der Waals surface area contributed by atoms with Crippen LogP contribution in [0.15, 0.2) is 29.2 Å². The van der Waals surface area contributed by atoms with E-state index in [2.05, 4.69) is 16.6 Å². The number of aliphatic hydroxyl groups excluding tert-OH is 1. The van der Waals surface area contributed by atoms with Crippen LogP contribution in [0.4, 0.5) is 0 Å². The summed E-state index contributed by atoms with van der Waals surface area (Å²) >= 11 is 0. The Morgan fingerprint density at radius 3 is 2.86 bits per heavy atom. The summed E-state index contributed by atoms with van der Waals surface area (Å²) in [6.07, 6.45) is -0.0307. The molecule has 21 heavy (non-hydrogen) atoms. The van der Waals surface area contributed by atoms with Crippen molar-refractivity contribution in [1.82, 2.24) is 4.72 Å². The quantitative estimate of drug-likeness (QED) is 0.581. The highest BCUT2D eigenvalue weighted by molar-refractivity contribution is 7.89. The molecule has 2 N–H and O–H groups in total. The van der Waals surface area contributed by atoms with Gasteiger partial charge in [0.1, 0.15) is 6.61 Å². The van der Waals surface area contributed by atoms with Crippen molar-refractivity contribution < 1.29 is 23.1 Å². The standard InChI is InChI=1S/C14H17NO5S/c1-2-20-14(17)8-9-15-21(18,19)13-7-3-5-12(11-13)6-4-10-16/h3,5,7,11,15-16H,2,8-10H2,1H3. The van der Waals surface area contributed by atoms with Gasteiger partial charge in [0, 0.05) is 12.1 Å². The second kappa shape index (κ2) is 8.42. The molecule has 0 amide bonds. The van der Waals surface area contributed by atoms with Gasteiger partial charge in [-0.05, 0) is 25.1 Å². The van der Waals surface area contributed by atoms with E-state index < -0.39 is 16.0 Å². The highest BCUT2D eigenvalue weighted by Gasteiger charge is 2.14. The molecule has 0 atom stereocenters. The molecule has 1 aromatic carbocycles. The lowest BCUT2D eigenvalue weighted by atomic mass is 10.2. The van der Waals surface area contributed by atoms with Gasteiger partial charge in [0.05, 0.1) is 17.9 Å². The molecule has 7 heteroatoms. The van der Waals surface area contributed by atoms with Crippen molar-refractivity contribution in [3.63, 3.8) is 0 Å². The molecule has 0 fully saturated rings. The number of rotatable bonds is 6. The fraction of sp³-hybridized carbons (Fsp3) is 0.357. The molecule has 1 rings (SSSR count). The zero-order valence-corrected chi connectivity index (χ0v) is 12.4. The third-order valence-electron chi connectivity index (χ3n) is 2.38. The van der Waals surface area contributed by atoms with Crippen molar-refractivity contribution in [3.05, 3.63) is 29.8 Å². The largest absolute Gasteiger partial charge is 0.466 e. The molecule has 0 aromatic heterocycles. The van der Waals surface area contributed by atoms with Gasteiger partial charge in [-0.3, -0.25) is 4.79 Å². The maximum absolute atomic E-state index is 12.0. The van der Waals surface area contributed by atoms with Crippen LogP contribution in [0.3, 0.4) is 0 Å². The summed E-state index contributed by atoms with van der Waals surface area (Å²) in [7, 11) is -3.71. The topological polar surface area (TPSA) is 92.7 Å². The molecule has 0 radical (unpaired) electrons. The lowest BCUT2D eigenvalue weighted by Crippen LogP contribution is -2.26. The van der Waals surface area contributed by atoms with Crippen LogP contribution in [0, 0.1) is 11.8 Å². The van der Waals surface area contributed by atoms with E-state index in [9.17, 15) is 13.2 Å². The molecule has 0 unspecified atom stereocenters. The highest BCUT2D eigenvalue weighted by atomic mass is 32.2. The summed E-state index contributed by atoms with van der Waals surface area (Å²) in [5.74, 6) is 4.62. The van der Waals surface area contributed by atoms with Gasteiger partial charge in [0.15, 0.2) is 0 Å². The minimum absolute atomic E-state index is 0.0307. The van der Waals surface area contributed by atoms with Crippen LogP contribution in [0.5, 0.6) is 0 Å². The van der Waals surface area contributed by atoms with Crippen LogP contribution in [0.2, 0.25) is 0 Å². The summed E-state index contributed by atoms with van der Waals surface area (Å²) in [4.78, 5) is 11.2. The van der Waals surface area contributed by atoms with Gasteiger partial charge in [-0.15, -0.1) is 0 Å². The molecule has 0 aliphatic rings. The second-order valence-electron chi connectivity index (χ2n) is 3.94. The van der Waals surface area contributed by atoms with Crippen LogP contribution in [0.1, 0.15) is 18.9 Å². The van der Waals surface area contributed by atoms with Crippen molar-refractivity contribution in [2.75, 3.05) is 19.8 Å². The van der Waals surface area contributed by atoms with Gasteiger partial charge >= 0.3 is 5.97 Å². The molecule has 0 saturated heterocycles. The predicted octanol–water partition coefficient (Wildman–Crippen LogP) is 0.262. The van der Waals surface area contributed by atoms with E-state index in [-0.39, 0.29) is 31.1 Å². The van der Waals surface area contributed by atoms with E-state index in [0.717, 1.165) is 0 Å². The minimum atomic E-state index is -3.71. The van der Waals surface area contributed by atoms with Gasteiger partial charge in [0.2, 0.25) is 10.0 Å². The van der Waals surface area contributed by atoms with Crippen LogP contribution in [0.25, 0.3) is 0 Å². The van der Waals surface area contributed by atoms with E-state index in [1.807, 2.05) is 0 Å². The number of aliphatic hydroxyl groups is 1. The molecule has 0 aliphatic heterocycles. The number of hydrogen-bond acceptors (Lipinski definition) is 5. The maximum Gasteiger partial charge on any atom is 0.307 e. The number of nitrogens with one attached hydrogen (secondary N) is 1. The molecule has 0 spiro atoms. The van der Waals surface area contributed by atoms with Crippen molar-refractivity contribution in [2.24, 2.45) is 0 Å². The van der Waals surface area contributed by atoms with E-state index in [0.29, 0.717) is 5.56 Å². The van der Waals surface area contributed by atoms with Crippen LogP contribution < -0.4 is 4.72 Å². The minimum Gasteiger partial charge on any atom is -0.466 e. The van der Waals surface area contributed by atoms with Gasteiger partial charge in [-0.1, -0.05) is 17.9 Å². The lowest BCUT2D eigenvalue weighted by molar-refractivity contribution is -0.142. The molecule has 0 heterocycles. The Balaban J connectivity index is 2.72. The number of sulfonamides is 1. The van der Waals surface area contributed by atoms with Crippen LogP contribution in [-0.2, 0) is 19.6 Å². The molecular formula is C14H17NO5S. The fourth-order valence-corrected chi connectivity index (χ4v) is 2.56. The summed E-state index contributed by atoms with van der Waals surface area (Å²) in [6, 6.07) is 6.02. The number of carbonyl (C=O) groups excluding carboxylic acids is 1. The van der Waals surface area contributed by atoms with E-state index in [1.165, 1.54) is 12.1 Å². The van der Waals surface area contributed by atoms with E-state index >= 15 is 0 Å². The Hall–Kier alpha value is -1.88. The summed E-state index contributed by atoms with van der Waals surface area (Å²) in [5.41, 5.74) is 0.484. The van der Waals surface area contributed by atoms with Gasteiger partial charge in [-0.25, -0.2) is 13.1 Å². The zero-order chi connectivity index (χ0) is 15.7. The van der Waals surface area contributed by atoms with Crippen molar-refractivity contribution >= 4 is 16.0 Å². The van der Waals surface area contributed by atoms with Gasteiger partial charge in [0.25, 0.3) is 0 Å². The Labute approximate surface area is 124 Å². The fourth-order valence-electron chi connectivity index (χ4n) is 1.49. The first-order valence-corrected chi connectivity index (χ1v) is 7.83. The Bertz CT molecular complexity index is 643. The Morgan fingerprint density at radius 2 is 2.19 bits per heavy atom. The first-order chi connectivity index (χ1) is 9.99. The summed E-state index contributed by atoms with van der Waals surface area (Å²) < 4.78 is 31.1. The van der Waals surface area contributed by atoms with E-state index in [1.54, 1.807) is 19.1 Å². The number of benzene rings is 1. The first-order valence-electron chi connectivity index (χ1n) is 6.34. The van der Waals surface area contributed by atoms with Gasteiger partial charge in [-0.2, -0.15) is 0 Å². The van der Waals surface area contributed by atoms with Crippen molar-refractivity contribution in [2.45, 2.75) is 18.2 Å². The molecule has 1 aromatic rings. The SMILES string of the molecule is CCOC(=O)CCNS(=O)(=O)c1cccc(C#CCO)c1. The van der Waals surface area contributed by atoms with E-state index in [4.69, 9.17) is 9.84 Å². The third kappa shape index (κ3) is 5.95. The average molecular weight is 311 g/mol. The smallest absolute Gasteiger partial charge is 0.307 e. The zero-order valence-electron chi connectivity index (χ0n) is 11.6. The third-order valence-corrected chi connectivity index (χ3v) is 3.84. The molecule has 6 nitrogen and oxygen atoms in total. The molecule has 0 saturated carbocycles. The highest BCUT2D eigenvalue weighted by Crippen LogP contribution is 2.10. The molecule has 0 bridgehead atoms. The monoisotopic (exact) mass is 311 g/mol. The van der Waals surface area contributed by atoms with Crippen LogP contribution >= 0.6 is 0 Å². The Morgan fingerprint density at radius 1 is 1.43 bits per heavy atom. The number of carbonyl (C=O) groups is 1. The first kappa shape index (κ1) is 17.2. The van der Waals surface area contributed by atoms with Crippen molar-refractivity contribution in [3.8, 4) is 11.8 Å². The number of esters is 1. The average Bonchev–Trinajstić information content (AvgIpc) is 2.45. The molecule has 0 aliphatic carbocycles. The lowest BCUT2D eigenvalue weighted by Gasteiger charge is -2.07. The summed E-state index contributed by atoms with van der Waals surface area (Å²) in [5, 5.41) is 8.62. The second-order valence-corrected chi connectivity index (χ2v) is 5.71. The maximum atomic E-state index is 12.0. The normalized spacial score (nSPS) is 10.6. The van der Waals surface area contributed by atoms with Crippen LogP contribution in [-0.4, -0.2) is 39.3 Å². The van der Waals surface area contributed by atoms with Gasteiger partial charge < -0.3 is 9.84 Å². The predicted molar refractivity (Wildman–Crippen MR) is 76.8 cm³/mol. The van der Waals surface area contributed by atoms with Crippen molar-refractivity contribution in [1.29, 1.82) is 0 Å². The molecule has 114 valence electrons. The number of hydrogen-bond donors (Lipinski definition) is 2. The Kier molecular flexibility index (Phi) is 6.88. The number of ether oxygens (including phenoxy) is 1.